The zero-order chi connectivity index (χ0) is 72.5. The second-order valence-corrected chi connectivity index (χ2v) is 29.7. The third-order valence-electron chi connectivity index (χ3n) is 21.2. The van der Waals surface area contributed by atoms with Gasteiger partial charge < -0.3 is 57.9 Å². The van der Waals surface area contributed by atoms with Gasteiger partial charge >= 0.3 is 0 Å². The van der Waals surface area contributed by atoms with E-state index in [2.05, 4.69) is 98.5 Å². The van der Waals surface area contributed by atoms with Gasteiger partial charge in [0.1, 0.15) is 46.0 Å². The molecule has 6 aromatic heterocycles. The molecule has 8 aliphatic heterocycles. The lowest BCUT2D eigenvalue weighted by molar-refractivity contribution is 0.0248. The van der Waals surface area contributed by atoms with Crippen molar-refractivity contribution in [3.63, 3.8) is 0 Å². The van der Waals surface area contributed by atoms with Gasteiger partial charge in [0.25, 0.3) is 0 Å². The number of benzene rings is 2. The summed E-state index contributed by atoms with van der Waals surface area (Å²) in [4.78, 5) is 73.6. The molecule has 4 saturated heterocycles. The van der Waals surface area contributed by atoms with Gasteiger partial charge in [-0.05, 0) is 128 Å². The average Bonchev–Trinajstić information content (AvgIpc) is 1.67. The van der Waals surface area contributed by atoms with Crippen LogP contribution in [0.2, 0.25) is 15.1 Å². The molecule has 0 unspecified atom stereocenters. The molecule has 0 radical (unpaired) electrons. The second-order valence-electron chi connectivity index (χ2n) is 28.5. The van der Waals surface area contributed by atoms with Crippen molar-refractivity contribution in [2.45, 2.75) is 141 Å². The van der Waals surface area contributed by atoms with Gasteiger partial charge in [-0.25, -0.2) is 39.9 Å². The molecule has 103 heavy (non-hydrogen) atoms. The molecule has 538 valence electrons. The number of halogens is 3. The van der Waals surface area contributed by atoms with Crippen molar-refractivity contribution in [2.75, 3.05) is 91.7 Å². The molecule has 16 rings (SSSR count). The van der Waals surface area contributed by atoms with Crippen molar-refractivity contribution in [3.8, 4) is 0 Å². The molecule has 8 aromatic rings. The zero-order valence-corrected chi connectivity index (χ0v) is 61.4. The molecular weight excluding hydrogens is 1360 g/mol. The summed E-state index contributed by atoms with van der Waals surface area (Å²) in [5, 5.41) is 31.0. The van der Waals surface area contributed by atoms with E-state index in [1.807, 2.05) is 57.3 Å². The average molecular weight is 1450 g/mol. The number of nitrogens with two attached hydrogens (primary N) is 4. The Labute approximate surface area is 615 Å². The summed E-state index contributed by atoms with van der Waals surface area (Å²) in [6.07, 6.45) is 16.9. The number of aliphatic imine (C=N–C) groups is 4. The fourth-order valence-corrected chi connectivity index (χ4v) is 14.7. The fraction of sp³-hybridized carbons (Fsp3) is 0.440. The number of piperidine rings is 4. The summed E-state index contributed by atoms with van der Waals surface area (Å²) in [5.74, 6) is 3.44. The maximum absolute atomic E-state index is 10.3. The first-order chi connectivity index (χ1) is 49.5. The first-order valence-corrected chi connectivity index (χ1v) is 36.3. The highest BCUT2D eigenvalue weighted by atomic mass is 35.5. The van der Waals surface area contributed by atoms with Crippen LogP contribution in [0.1, 0.15) is 154 Å². The van der Waals surface area contributed by atoms with E-state index in [-0.39, 0.29) is 18.8 Å². The van der Waals surface area contributed by atoms with Crippen LogP contribution in [-0.2, 0) is 26.2 Å². The van der Waals surface area contributed by atoms with Crippen molar-refractivity contribution in [1.82, 2.24) is 49.8 Å². The Bertz CT molecular complexity index is 4460. The topological polar surface area (TPSA) is 356 Å². The lowest BCUT2D eigenvalue weighted by Gasteiger charge is -2.38. The number of aryl methyl sites for hydroxylation is 4. The monoisotopic (exact) mass is 1450 g/mol. The SMILES string of the molecule is Cc1cccc(C2=NCc3nc(N4CCC(C)(N)CC4)cnc32)c1C.Cc1cccc(Cl)c1C1=NCc2nc(N3CCC(N)(CO)CC3)cnc21.Cc1nccc(C2=NCc3nc(N4CCC(N)(CO)CC4)cnc32)c1Cl.Cc1nccc(C2=NCc3nc(N4CCC(O)(CN)CC4)cnc32)c1Cl. The Morgan fingerprint density at radius 1 is 0.437 bits per heavy atom. The van der Waals surface area contributed by atoms with Crippen LogP contribution in [0.25, 0.3) is 0 Å². The minimum atomic E-state index is -0.757. The standard InChI is InChI=1S/C20H25N5.C19H22ClN5O.2C18H21ClN6O/c1-13-5-4-6-15(14(13)2)18-19-16(11-22-18)24-17(12-23-19)25-9-7-20(3,21)8-10-25;1-12-3-2-4-13(20)16(12)18-17-14(9-22-18)24-15(10-23-17)25-7-5-19(21,11-26)6-8-25;1-11-15(19)12(2-5-21-11)16-17-13(8-22-16)24-14(9-23-17)25-6-3-18(20,10-26)4-7-25;1-11-15(19)12(2-5-21-11)16-17-13(8-22-16)24-14(9-23-17)25-6-3-18(26,10-20)4-7-25/h4-6,12H,7-11,21H2,1-3H3;2-4,10,26H,5-9,11,21H2,1H3;2*2,5,9,26H,3-4,6-8,10,20H2,1H3. The Morgan fingerprint density at radius 2 is 0.786 bits per heavy atom. The highest BCUT2D eigenvalue weighted by Crippen LogP contribution is 2.35. The number of anilines is 4. The molecule has 0 spiro atoms. The Morgan fingerprint density at radius 3 is 1.17 bits per heavy atom. The van der Waals surface area contributed by atoms with Gasteiger partial charge in [0.05, 0.1) is 142 Å². The molecule has 2 aromatic carbocycles. The van der Waals surface area contributed by atoms with Crippen LogP contribution in [0.15, 0.2) is 106 Å². The molecule has 0 aliphatic carbocycles. The van der Waals surface area contributed by atoms with E-state index < -0.39 is 16.7 Å². The summed E-state index contributed by atoms with van der Waals surface area (Å²) in [7, 11) is 0. The molecule has 0 saturated carbocycles. The van der Waals surface area contributed by atoms with Crippen molar-refractivity contribution in [2.24, 2.45) is 42.9 Å². The molecule has 4 fully saturated rings. The Hall–Kier alpha value is -8.47. The Kier molecular flexibility index (Phi) is 21.4. The van der Waals surface area contributed by atoms with Crippen LogP contribution >= 0.6 is 34.8 Å². The van der Waals surface area contributed by atoms with E-state index in [0.717, 1.165) is 209 Å². The number of pyridine rings is 2. The third kappa shape index (κ3) is 15.5. The number of nitrogens with zero attached hydrogens (tertiary/aromatic N) is 18. The van der Waals surface area contributed by atoms with Crippen LogP contribution in [0.3, 0.4) is 0 Å². The van der Waals surface area contributed by atoms with E-state index in [1.54, 1.807) is 31.0 Å². The maximum atomic E-state index is 10.3. The van der Waals surface area contributed by atoms with Gasteiger partial charge in [-0.2, -0.15) is 0 Å². The highest BCUT2D eigenvalue weighted by molar-refractivity contribution is 6.37. The van der Waals surface area contributed by atoms with Crippen molar-refractivity contribution < 1.29 is 15.3 Å². The van der Waals surface area contributed by atoms with Crippen molar-refractivity contribution in [3.05, 3.63) is 197 Å². The van der Waals surface area contributed by atoms with E-state index in [1.165, 1.54) is 11.1 Å². The number of fused-ring (bicyclic) bond motifs is 4. The van der Waals surface area contributed by atoms with Crippen molar-refractivity contribution in [1.29, 1.82) is 0 Å². The molecule has 28 heteroatoms. The van der Waals surface area contributed by atoms with E-state index >= 15 is 0 Å². The minimum Gasteiger partial charge on any atom is -0.394 e. The van der Waals surface area contributed by atoms with Crippen LogP contribution in [-0.4, -0.2) is 182 Å². The van der Waals surface area contributed by atoms with Gasteiger partial charge in [-0.15, -0.1) is 0 Å². The van der Waals surface area contributed by atoms with Gasteiger partial charge in [0, 0.05) is 110 Å². The molecule has 11 N–H and O–H groups in total. The first kappa shape index (κ1) is 72.9. The smallest absolute Gasteiger partial charge is 0.147 e. The number of aliphatic hydroxyl groups excluding tert-OH is 2. The van der Waals surface area contributed by atoms with Gasteiger partial charge in [0.15, 0.2) is 0 Å². The zero-order valence-electron chi connectivity index (χ0n) is 59.2. The molecular formula is C75H89Cl3N22O3. The summed E-state index contributed by atoms with van der Waals surface area (Å²) >= 11 is 19.2. The maximum Gasteiger partial charge on any atom is 0.147 e. The van der Waals surface area contributed by atoms with Crippen LogP contribution < -0.4 is 42.5 Å². The molecule has 0 bridgehead atoms. The molecule has 0 atom stereocenters. The number of aliphatic hydroxyl groups is 3. The predicted molar refractivity (Wildman–Crippen MR) is 406 cm³/mol. The van der Waals surface area contributed by atoms with E-state index in [0.29, 0.717) is 73.7 Å². The predicted octanol–water partition coefficient (Wildman–Crippen LogP) is 7.79. The normalized spacial score (nSPS) is 18.7. The van der Waals surface area contributed by atoms with Crippen molar-refractivity contribution >= 4 is 80.9 Å². The lowest BCUT2D eigenvalue weighted by Crippen LogP contribution is -2.53. The molecule has 0 amide bonds. The number of aromatic nitrogens is 10. The van der Waals surface area contributed by atoms with E-state index in [4.69, 9.17) is 87.6 Å². The fourth-order valence-electron chi connectivity index (χ4n) is 13.9. The van der Waals surface area contributed by atoms with Crippen LogP contribution in [0.5, 0.6) is 0 Å². The second kappa shape index (κ2) is 30.3. The van der Waals surface area contributed by atoms with Gasteiger partial charge in [-0.1, -0.05) is 65.1 Å². The summed E-state index contributed by atoms with van der Waals surface area (Å²) in [6, 6.07) is 15.9. The molecule has 8 aliphatic rings. The lowest BCUT2D eigenvalue weighted by atomic mass is 9.90. The largest absolute Gasteiger partial charge is 0.394 e. The van der Waals surface area contributed by atoms with E-state index in [9.17, 15) is 15.3 Å². The highest BCUT2D eigenvalue weighted by Gasteiger charge is 2.37. The van der Waals surface area contributed by atoms with Gasteiger partial charge in [-0.3, -0.25) is 29.9 Å². The van der Waals surface area contributed by atoms with Gasteiger partial charge in [0.2, 0.25) is 0 Å². The minimum absolute atomic E-state index is 0.0139. The number of rotatable bonds is 11. The molecule has 25 nitrogen and oxygen atoms in total. The number of hydrogen-bond donors (Lipinski definition) is 7. The molecule has 14 heterocycles. The summed E-state index contributed by atoms with van der Waals surface area (Å²) < 4.78 is 0. The summed E-state index contributed by atoms with van der Waals surface area (Å²) in [6.45, 7) is 21.0. The third-order valence-corrected chi connectivity index (χ3v) is 22.4. The quantitative estimate of drug-likeness (QED) is 0.0649. The number of hydrogen-bond acceptors (Lipinski definition) is 25. The van der Waals surface area contributed by atoms with Crippen LogP contribution in [0.4, 0.5) is 23.3 Å². The summed E-state index contributed by atoms with van der Waals surface area (Å²) in [5.41, 5.74) is 41.6. The first-order valence-electron chi connectivity index (χ1n) is 35.2. The van der Waals surface area contributed by atoms with Crippen LogP contribution in [0, 0.1) is 34.6 Å². The Balaban J connectivity index is 0.000000122.